The number of hydrogen-bond donors (Lipinski definition) is 1. The van der Waals surface area contributed by atoms with Crippen molar-refractivity contribution in [2.24, 2.45) is 0 Å². The lowest BCUT2D eigenvalue weighted by atomic mass is 10.1. The molecule has 0 unspecified atom stereocenters. The number of benzene rings is 3. The van der Waals surface area contributed by atoms with Gasteiger partial charge in [-0.05, 0) is 30.3 Å². The Hall–Kier alpha value is -3.25. The van der Waals surface area contributed by atoms with Crippen LogP contribution in [0.25, 0.3) is 0 Å². The Kier molecular flexibility index (Phi) is 7.30. The average Bonchev–Trinajstić information content (AvgIpc) is 2.75. The Morgan fingerprint density at radius 3 is 2.38 bits per heavy atom. The molecule has 0 aliphatic rings. The van der Waals surface area contributed by atoms with Gasteiger partial charge in [0.05, 0.1) is 19.2 Å². The molecule has 1 amide bonds. The summed E-state index contributed by atoms with van der Waals surface area (Å²) in [5.74, 6) is -0.267. The SMILES string of the molecule is COc1ccccc1CC(=O)OCC(=O)Nc1ccccc1Sc1ccccc1. The van der Waals surface area contributed by atoms with Gasteiger partial charge in [-0.15, -0.1) is 0 Å². The molecule has 0 heterocycles. The van der Waals surface area contributed by atoms with E-state index in [9.17, 15) is 9.59 Å². The molecule has 0 aromatic heterocycles. The summed E-state index contributed by atoms with van der Waals surface area (Å²) >= 11 is 1.55. The first-order valence-electron chi connectivity index (χ1n) is 9.05. The highest BCUT2D eigenvalue weighted by atomic mass is 32.2. The van der Waals surface area contributed by atoms with Gasteiger partial charge >= 0.3 is 5.97 Å². The van der Waals surface area contributed by atoms with Crippen LogP contribution in [0.2, 0.25) is 0 Å². The number of ether oxygens (including phenoxy) is 2. The van der Waals surface area contributed by atoms with E-state index in [1.165, 1.54) is 0 Å². The van der Waals surface area contributed by atoms with E-state index in [0.29, 0.717) is 17.0 Å². The molecular weight excluding hydrogens is 386 g/mol. The van der Waals surface area contributed by atoms with Gasteiger partial charge in [0, 0.05) is 15.4 Å². The highest BCUT2D eigenvalue weighted by molar-refractivity contribution is 7.99. The highest BCUT2D eigenvalue weighted by Gasteiger charge is 2.13. The van der Waals surface area contributed by atoms with Crippen LogP contribution in [-0.2, 0) is 20.7 Å². The molecule has 3 rings (SSSR count). The summed E-state index contributed by atoms with van der Waals surface area (Å²) in [6, 6.07) is 24.6. The van der Waals surface area contributed by atoms with Crippen molar-refractivity contribution in [1.82, 2.24) is 0 Å². The Labute approximate surface area is 174 Å². The lowest BCUT2D eigenvalue weighted by Gasteiger charge is -2.11. The molecule has 0 saturated carbocycles. The van der Waals surface area contributed by atoms with Crippen molar-refractivity contribution in [1.29, 1.82) is 0 Å². The molecule has 0 bridgehead atoms. The topological polar surface area (TPSA) is 64.6 Å². The van der Waals surface area contributed by atoms with E-state index in [2.05, 4.69) is 5.32 Å². The van der Waals surface area contributed by atoms with Crippen molar-refractivity contribution < 1.29 is 19.1 Å². The number of methoxy groups -OCH3 is 1. The minimum Gasteiger partial charge on any atom is -0.496 e. The first-order chi connectivity index (χ1) is 14.2. The molecule has 5 nitrogen and oxygen atoms in total. The van der Waals surface area contributed by atoms with E-state index < -0.39 is 5.97 Å². The van der Waals surface area contributed by atoms with Gasteiger partial charge in [-0.2, -0.15) is 0 Å². The molecule has 0 aliphatic carbocycles. The minimum absolute atomic E-state index is 0.0394. The maximum atomic E-state index is 12.3. The molecule has 0 aliphatic heterocycles. The summed E-state index contributed by atoms with van der Waals surface area (Å²) < 4.78 is 10.3. The summed E-state index contributed by atoms with van der Waals surface area (Å²) in [5.41, 5.74) is 1.39. The largest absolute Gasteiger partial charge is 0.496 e. The Bertz CT molecular complexity index is 975. The molecule has 0 spiro atoms. The van der Waals surface area contributed by atoms with Crippen molar-refractivity contribution >= 4 is 29.3 Å². The quantitative estimate of drug-likeness (QED) is 0.554. The fourth-order valence-electron chi connectivity index (χ4n) is 2.66. The average molecular weight is 407 g/mol. The minimum atomic E-state index is -0.489. The second kappa shape index (κ2) is 10.3. The summed E-state index contributed by atoms with van der Waals surface area (Å²) in [4.78, 5) is 26.3. The Morgan fingerprint density at radius 2 is 1.59 bits per heavy atom. The summed E-state index contributed by atoms with van der Waals surface area (Å²) in [6.07, 6.45) is 0.0394. The van der Waals surface area contributed by atoms with Gasteiger partial charge in [0.1, 0.15) is 5.75 Å². The summed E-state index contributed by atoms with van der Waals surface area (Å²) in [7, 11) is 1.54. The fraction of sp³-hybridized carbons (Fsp3) is 0.130. The second-order valence-electron chi connectivity index (χ2n) is 6.11. The third kappa shape index (κ3) is 6.12. The zero-order chi connectivity index (χ0) is 20.5. The first kappa shape index (κ1) is 20.5. The normalized spacial score (nSPS) is 10.2. The summed E-state index contributed by atoms with van der Waals surface area (Å²) in [6.45, 7) is -0.349. The van der Waals surface area contributed by atoms with Gasteiger partial charge in [0.15, 0.2) is 6.61 Å². The van der Waals surface area contributed by atoms with E-state index in [1.807, 2.05) is 66.7 Å². The van der Waals surface area contributed by atoms with Gasteiger partial charge < -0.3 is 14.8 Å². The molecule has 0 saturated heterocycles. The first-order valence-corrected chi connectivity index (χ1v) is 9.86. The number of carbonyl (C=O) groups excluding carboxylic acids is 2. The number of para-hydroxylation sites is 2. The Morgan fingerprint density at radius 1 is 0.897 bits per heavy atom. The molecule has 3 aromatic carbocycles. The van der Waals surface area contributed by atoms with Crippen molar-refractivity contribution in [2.75, 3.05) is 19.0 Å². The number of esters is 1. The van der Waals surface area contributed by atoms with Crippen LogP contribution in [0, 0.1) is 0 Å². The predicted octanol–water partition coefficient (Wildman–Crippen LogP) is 4.57. The van der Waals surface area contributed by atoms with Crippen LogP contribution < -0.4 is 10.1 Å². The van der Waals surface area contributed by atoms with Crippen molar-refractivity contribution in [3.63, 3.8) is 0 Å². The molecule has 1 N–H and O–H groups in total. The van der Waals surface area contributed by atoms with Gasteiger partial charge in [-0.1, -0.05) is 60.3 Å². The lowest BCUT2D eigenvalue weighted by molar-refractivity contribution is -0.146. The van der Waals surface area contributed by atoms with E-state index in [1.54, 1.807) is 31.0 Å². The van der Waals surface area contributed by atoms with Crippen LogP contribution in [0.15, 0.2) is 88.7 Å². The molecule has 6 heteroatoms. The van der Waals surface area contributed by atoms with Crippen LogP contribution >= 0.6 is 11.8 Å². The van der Waals surface area contributed by atoms with Crippen molar-refractivity contribution in [2.45, 2.75) is 16.2 Å². The van der Waals surface area contributed by atoms with Gasteiger partial charge in [-0.3, -0.25) is 9.59 Å². The number of hydrogen-bond acceptors (Lipinski definition) is 5. The number of nitrogens with one attached hydrogen (secondary N) is 1. The van der Waals surface area contributed by atoms with E-state index in [0.717, 1.165) is 9.79 Å². The maximum absolute atomic E-state index is 12.3. The van der Waals surface area contributed by atoms with Crippen molar-refractivity contribution in [3.05, 3.63) is 84.4 Å². The summed E-state index contributed by atoms with van der Waals surface area (Å²) in [5, 5.41) is 2.81. The monoisotopic (exact) mass is 407 g/mol. The molecule has 3 aromatic rings. The zero-order valence-electron chi connectivity index (χ0n) is 16.0. The highest BCUT2D eigenvalue weighted by Crippen LogP contribution is 2.33. The smallest absolute Gasteiger partial charge is 0.310 e. The Balaban J connectivity index is 1.55. The van der Waals surface area contributed by atoms with Gasteiger partial charge in [0.25, 0.3) is 5.91 Å². The fourth-order valence-corrected chi connectivity index (χ4v) is 3.59. The van der Waals surface area contributed by atoms with Crippen molar-refractivity contribution in [3.8, 4) is 5.75 Å². The number of rotatable bonds is 8. The lowest BCUT2D eigenvalue weighted by Crippen LogP contribution is -2.22. The van der Waals surface area contributed by atoms with Crippen LogP contribution in [0.4, 0.5) is 5.69 Å². The molecule has 0 atom stereocenters. The number of anilines is 1. The second-order valence-corrected chi connectivity index (χ2v) is 7.22. The maximum Gasteiger partial charge on any atom is 0.310 e. The third-order valence-electron chi connectivity index (χ3n) is 4.02. The third-order valence-corrected chi connectivity index (χ3v) is 5.11. The van der Waals surface area contributed by atoms with E-state index >= 15 is 0 Å². The number of amides is 1. The standard InChI is InChI=1S/C23H21NO4S/c1-27-20-13-7-5-9-17(20)15-23(26)28-16-22(25)24-19-12-6-8-14-21(19)29-18-10-3-2-4-11-18/h2-14H,15-16H2,1H3,(H,24,25). The van der Waals surface area contributed by atoms with Crippen LogP contribution in [0.3, 0.4) is 0 Å². The number of carbonyl (C=O) groups is 2. The van der Waals surface area contributed by atoms with Crippen LogP contribution in [0.5, 0.6) is 5.75 Å². The zero-order valence-corrected chi connectivity index (χ0v) is 16.8. The van der Waals surface area contributed by atoms with E-state index in [4.69, 9.17) is 9.47 Å². The predicted molar refractivity (Wildman–Crippen MR) is 113 cm³/mol. The molecule has 0 fully saturated rings. The molecule has 148 valence electrons. The van der Waals surface area contributed by atoms with Gasteiger partial charge in [0.2, 0.25) is 0 Å². The van der Waals surface area contributed by atoms with Crippen LogP contribution in [-0.4, -0.2) is 25.6 Å². The van der Waals surface area contributed by atoms with Crippen LogP contribution in [0.1, 0.15) is 5.56 Å². The van der Waals surface area contributed by atoms with E-state index in [-0.39, 0.29) is 18.9 Å². The molecular formula is C23H21NO4S. The molecule has 29 heavy (non-hydrogen) atoms. The molecule has 0 radical (unpaired) electrons. The van der Waals surface area contributed by atoms with Gasteiger partial charge in [-0.25, -0.2) is 0 Å².